The summed E-state index contributed by atoms with van der Waals surface area (Å²) in [5, 5.41) is 14.2. The Balaban J connectivity index is 2.01. The van der Waals surface area contributed by atoms with Crippen LogP contribution < -0.4 is 5.43 Å². The summed E-state index contributed by atoms with van der Waals surface area (Å²) < 4.78 is 13.3. The zero-order valence-corrected chi connectivity index (χ0v) is 10.7. The minimum absolute atomic E-state index is 0.0393. The molecule has 6 nitrogen and oxygen atoms in total. The smallest absolute Gasteiger partial charge is 0.267 e. The molecular formula is C14H10FN3O3. The number of nitrogens with one attached hydrogen (secondary N) is 1. The number of nitrogens with zero attached hydrogens (tertiary/aromatic N) is 2. The summed E-state index contributed by atoms with van der Waals surface area (Å²) in [5.74, 6) is -1.31. The Bertz CT molecular complexity index is 699. The van der Waals surface area contributed by atoms with E-state index in [4.69, 9.17) is 0 Å². The number of non-ortho nitro benzene ring substituents is 1. The summed E-state index contributed by atoms with van der Waals surface area (Å²) in [6, 6.07) is 11.1. The third-order valence-electron chi connectivity index (χ3n) is 2.60. The van der Waals surface area contributed by atoms with Crippen molar-refractivity contribution in [2.75, 3.05) is 0 Å². The van der Waals surface area contributed by atoms with Crippen molar-refractivity contribution in [2.24, 2.45) is 5.10 Å². The van der Waals surface area contributed by atoms with Gasteiger partial charge >= 0.3 is 0 Å². The van der Waals surface area contributed by atoms with Gasteiger partial charge in [-0.3, -0.25) is 14.9 Å². The molecule has 0 saturated heterocycles. The highest BCUT2D eigenvalue weighted by Crippen LogP contribution is 2.10. The van der Waals surface area contributed by atoms with Crippen molar-refractivity contribution in [2.45, 2.75) is 0 Å². The van der Waals surface area contributed by atoms with Gasteiger partial charge < -0.3 is 0 Å². The van der Waals surface area contributed by atoms with E-state index in [2.05, 4.69) is 10.5 Å². The van der Waals surface area contributed by atoms with Crippen molar-refractivity contribution in [3.63, 3.8) is 0 Å². The molecule has 0 aliphatic carbocycles. The molecule has 0 aromatic heterocycles. The topological polar surface area (TPSA) is 84.6 Å². The van der Waals surface area contributed by atoms with Gasteiger partial charge in [0.1, 0.15) is 5.82 Å². The van der Waals surface area contributed by atoms with Gasteiger partial charge in [-0.25, -0.2) is 9.82 Å². The van der Waals surface area contributed by atoms with E-state index in [1.807, 2.05) is 0 Å². The minimum Gasteiger partial charge on any atom is -0.267 e. The molecule has 0 unspecified atom stereocenters. The van der Waals surface area contributed by atoms with E-state index in [0.717, 1.165) is 0 Å². The number of carbonyl (C=O) groups excluding carboxylic acids is 1. The summed E-state index contributed by atoms with van der Waals surface area (Å²) in [6.07, 6.45) is 1.31. The molecule has 0 saturated carbocycles. The van der Waals surface area contributed by atoms with Crippen LogP contribution in [0.5, 0.6) is 0 Å². The summed E-state index contributed by atoms with van der Waals surface area (Å²) in [7, 11) is 0. The Morgan fingerprint density at radius 2 is 1.86 bits per heavy atom. The quantitative estimate of drug-likeness (QED) is 0.532. The number of halogens is 1. The van der Waals surface area contributed by atoms with Gasteiger partial charge in [0.15, 0.2) is 0 Å². The van der Waals surface area contributed by atoms with Gasteiger partial charge in [0.2, 0.25) is 0 Å². The van der Waals surface area contributed by atoms with Gasteiger partial charge in [-0.2, -0.15) is 5.10 Å². The lowest BCUT2D eigenvalue weighted by atomic mass is 10.2. The summed E-state index contributed by atoms with van der Waals surface area (Å²) in [6.45, 7) is 0. The molecular weight excluding hydrogens is 277 g/mol. The van der Waals surface area contributed by atoms with E-state index in [1.54, 1.807) is 0 Å². The van der Waals surface area contributed by atoms with Crippen molar-refractivity contribution >= 4 is 17.8 Å². The largest absolute Gasteiger partial charge is 0.274 e. The number of benzene rings is 2. The second kappa shape index (κ2) is 6.38. The molecule has 7 heteroatoms. The van der Waals surface area contributed by atoms with Crippen LogP contribution in [-0.2, 0) is 0 Å². The fraction of sp³-hybridized carbons (Fsp3) is 0. The Morgan fingerprint density at radius 3 is 2.48 bits per heavy atom. The third-order valence-corrected chi connectivity index (χ3v) is 2.60. The summed E-state index contributed by atoms with van der Waals surface area (Å²) in [4.78, 5) is 21.6. The number of hydrogen-bond acceptors (Lipinski definition) is 4. The monoisotopic (exact) mass is 287 g/mol. The number of carbonyl (C=O) groups is 1. The van der Waals surface area contributed by atoms with Gasteiger partial charge in [0.05, 0.1) is 16.7 Å². The SMILES string of the molecule is O=C(N/N=C/c1ccc([N+](=O)[O-])cc1)c1ccccc1F. The van der Waals surface area contributed by atoms with Crippen molar-refractivity contribution in [3.05, 3.63) is 75.6 Å². The molecule has 106 valence electrons. The van der Waals surface area contributed by atoms with Crippen LogP contribution in [0.1, 0.15) is 15.9 Å². The van der Waals surface area contributed by atoms with Gasteiger partial charge in [0, 0.05) is 12.1 Å². The first-order chi connectivity index (χ1) is 10.1. The molecule has 2 aromatic carbocycles. The second-order valence-electron chi connectivity index (χ2n) is 4.03. The number of amides is 1. The lowest BCUT2D eigenvalue weighted by molar-refractivity contribution is -0.384. The Labute approximate surface area is 119 Å². The van der Waals surface area contributed by atoms with Gasteiger partial charge in [-0.05, 0) is 29.8 Å². The first-order valence-electron chi connectivity index (χ1n) is 5.90. The number of hydrogen-bond donors (Lipinski definition) is 1. The van der Waals surface area contributed by atoms with Crippen LogP contribution in [0, 0.1) is 15.9 Å². The normalized spacial score (nSPS) is 10.5. The van der Waals surface area contributed by atoms with E-state index in [0.29, 0.717) is 5.56 Å². The van der Waals surface area contributed by atoms with Crippen LogP contribution >= 0.6 is 0 Å². The second-order valence-corrected chi connectivity index (χ2v) is 4.03. The van der Waals surface area contributed by atoms with Crippen molar-refractivity contribution in [3.8, 4) is 0 Å². The maximum Gasteiger partial charge on any atom is 0.274 e. The number of nitro groups is 1. The van der Waals surface area contributed by atoms with Crippen LogP contribution in [0.2, 0.25) is 0 Å². The molecule has 21 heavy (non-hydrogen) atoms. The van der Waals surface area contributed by atoms with Crippen molar-refractivity contribution in [1.82, 2.24) is 5.43 Å². The zero-order valence-electron chi connectivity index (χ0n) is 10.7. The van der Waals surface area contributed by atoms with Crippen molar-refractivity contribution < 1.29 is 14.1 Å². The molecule has 0 radical (unpaired) electrons. The van der Waals surface area contributed by atoms with E-state index in [9.17, 15) is 19.3 Å². The van der Waals surface area contributed by atoms with Crippen LogP contribution in [-0.4, -0.2) is 17.0 Å². The van der Waals surface area contributed by atoms with Gasteiger partial charge in [0.25, 0.3) is 11.6 Å². The standard InChI is InChI=1S/C14H10FN3O3/c15-13-4-2-1-3-12(13)14(19)17-16-9-10-5-7-11(8-6-10)18(20)21/h1-9H,(H,17,19)/b16-9+. The number of hydrazone groups is 1. The van der Waals surface area contributed by atoms with Gasteiger partial charge in [-0.15, -0.1) is 0 Å². The Hall–Kier alpha value is -3.09. The highest BCUT2D eigenvalue weighted by atomic mass is 19.1. The molecule has 2 rings (SSSR count). The van der Waals surface area contributed by atoms with Crippen LogP contribution in [0.4, 0.5) is 10.1 Å². The molecule has 1 amide bonds. The fourth-order valence-electron chi connectivity index (χ4n) is 1.55. The summed E-state index contributed by atoms with van der Waals surface area (Å²) in [5.41, 5.74) is 2.59. The zero-order chi connectivity index (χ0) is 15.2. The average molecular weight is 287 g/mol. The minimum atomic E-state index is -0.675. The number of nitro benzene ring substituents is 1. The molecule has 0 bridgehead atoms. The van der Waals surface area contributed by atoms with E-state index < -0.39 is 16.6 Å². The van der Waals surface area contributed by atoms with Crippen LogP contribution in [0.25, 0.3) is 0 Å². The van der Waals surface area contributed by atoms with E-state index in [1.165, 1.54) is 54.7 Å². The Morgan fingerprint density at radius 1 is 1.19 bits per heavy atom. The number of rotatable bonds is 4. The molecule has 0 aliphatic rings. The molecule has 2 aromatic rings. The maximum absolute atomic E-state index is 13.3. The van der Waals surface area contributed by atoms with Crippen LogP contribution in [0.15, 0.2) is 53.6 Å². The van der Waals surface area contributed by atoms with E-state index in [-0.39, 0.29) is 11.3 Å². The lowest BCUT2D eigenvalue weighted by Crippen LogP contribution is -2.18. The molecule has 0 atom stereocenters. The third kappa shape index (κ3) is 3.69. The van der Waals surface area contributed by atoms with E-state index >= 15 is 0 Å². The fourth-order valence-corrected chi connectivity index (χ4v) is 1.55. The maximum atomic E-state index is 13.3. The highest BCUT2D eigenvalue weighted by Gasteiger charge is 2.09. The average Bonchev–Trinajstić information content (AvgIpc) is 2.48. The van der Waals surface area contributed by atoms with Crippen LogP contribution in [0.3, 0.4) is 0 Å². The molecule has 0 aliphatic heterocycles. The predicted molar refractivity (Wildman–Crippen MR) is 74.6 cm³/mol. The Kier molecular flexibility index (Phi) is 4.35. The first kappa shape index (κ1) is 14.3. The molecule has 0 fully saturated rings. The lowest BCUT2D eigenvalue weighted by Gasteiger charge is -2.00. The molecule has 1 N–H and O–H groups in total. The highest BCUT2D eigenvalue weighted by molar-refractivity contribution is 5.95. The van der Waals surface area contributed by atoms with Crippen molar-refractivity contribution in [1.29, 1.82) is 0 Å². The molecule has 0 spiro atoms. The predicted octanol–water partition coefficient (Wildman–Crippen LogP) is 2.50. The van der Waals surface area contributed by atoms with Gasteiger partial charge in [-0.1, -0.05) is 12.1 Å². The molecule has 0 heterocycles. The summed E-state index contributed by atoms with van der Waals surface area (Å²) >= 11 is 0. The first-order valence-corrected chi connectivity index (χ1v) is 5.90.